The Morgan fingerprint density at radius 1 is 1.19 bits per heavy atom. The first-order chi connectivity index (χ1) is 7.58. The van der Waals surface area contributed by atoms with Crippen LogP contribution in [0.25, 0.3) is 0 Å². The zero-order valence-electron chi connectivity index (χ0n) is 9.08. The van der Waals surface area contributed by atoms with Crippen molar-refractivity contribution in [1.82, 2.24) is 0 Å². The first-order valence-corrected chi connectivity index (χ1v) is 4.95. The number of rotatable bonds is 2. The SMILES string of the molecule is Cc1cc(C(=O)c2ccc(F)cc2)c(C)o1. The number of ketones is 1. The monoisotopic (exact) mass is 218 g/mol. The molecule has 2 nitrogen and oxygen atoms in total. The van der Waals surface area contributed by atoms with E-state index in [0.717, 1.165) is 0 Å². The van der Waals surface area contributed by atoms with Crippen LogP contribution in [-0.4, -0.2) is 5.78 Å². The van der Waals surface area contributed by atoms with Gasteiger partial charge in [-0.25, -0.2) is 4.39 Å². The van der Waals surface area contributed by atoms with E-state index in [1.807, 2.05) is 0 Å². The van der Waals surface area contributed by atoms with Crippen LogP contribution in [0, 0.1) is 19.7 Å². The highest BCUT2D eigenvalue weighted by Crippen LogP contribution is 2.18. The maximum absolute atomic E-state index is 12.7. The summed E-state index contributed by atoms with van der Waals surface area (Å²) in [5, 5.41) is 0. The van der Waals surface area contributed by atoms with Crippen molar-refractivity contribution in [2.24, 2.45) is 0 Å². The predicted octanol–water partition coefficient (Wildman–Crippen LogP) is 3.27. The lowest BCUT2D eigenvalue weighted by atomic mass is 10.0. The number of carbonyl (C=O) groups is 1. The van der Waals surface area contributed by atoms with Crippen molar-refractivity contribution in [2.75, 3.05) is 0 Å². The molecule has 16 heavy (non-hydrogen) atoms. The van der Waals surface area contributed by atoms with Gasteiger partial charge in [0.15, 0.2) is 5.78 Å². The fourth-order valence-electron chi connectivity index (χ4n) is 1.61. The van der Waals surface area contributed by atoms with Gasteiger partial charge in [-0.3, -0.25) is 4.79 Å². The minimum Gasteiger partial charge on any atom is -0.466 e. The largest absolute Gasteiger partial charge is 0.466 e. The molecule has 0 aliphatic heterocycles. The molecule has 0 amide bonds. The fourth-order valence-corrected chi connectivity index (χ4v) is 1.61. The highest BCUT2D eigenvalue weighted by Gasteiger charge is 2.15. The van der Waals surface area contributed by atoms with Gasteiger partial charge in [-0.1, -0.05) is 0 Å². The van der Waals surface area contributed by atoms with Gasteiger partial charge in [0.2, 0.25) is 0 Å². The van der Waals surface area contributed by atoms with E-state index in [4.69, 9.17) is 4.42 Å². The smallest absolute Gasteiger partial charge is 0.196 e. The van der Waals surface area contributed by atoms with Gasteiger partial charge in [0.05, 0.1) is 5.56 Å². The van der Waals surface area contributed by atoms with Crippen LogP contribution in [0.4, 0.5) is 4.39 Å². The van der Waals surface area contributed by atoms with Crippen molar-refractivity contribution in [3.63, 3.8) is 0 Å². The third kappa shape index (κ3) is 1.89. The molecule has 0 radical (unpaired) electrons. The predicted molar refractivity (Wildman–Crippen MR) is 58.0 cm³/mol. The van der Waals surface area contributed by atoms with Crippen molar-refractivity contribution in [2.45, 2.75) is 13.8 Å². The molecule has 3 heteroatoms. The van der Waals surface area contributed by atoms with Crippen LogP contribution in [0.5, 0.6) is 0 Å². The van der Waals surface area contributed by atoms with E-state index in [1.54, 1.807) is 19.9 Å². The van der Waals surface area contributed by atoms with Crippen LogP contribution in [0.15, 0.2) is 34.7 Å². The molecule has 82 valence electrons. The lowest BCUT2D eigenvalue weighted by Crippen LogP contribution is -2.01. The average Bonchev–Trinajstić information content (AvgIpc) is 2.58. The van der Waals surface area contributed by atoms with Crippen molar-refractivity contribution in [3.8, 4) is 0 Å². The normalized spacial score (nSPS) is 10.4. The summed E-state index contributed by atoms with van der Waals surface area (Å²) in [7, 11) is 0. The molecule has 0 saturated carbocycles. The van der Waals surface area contributed by atoms with Gasteiger partial charge in [-0.2, -0.15) is 0 Å². The average molecular weight is 218 g/mol. The molecular weight excluding hydrogens is 207 g/mol. The van der Waals surface area contributed by atoms with Crippen LogP contribution in [0.1, 0.15) is 27.4 Å². The van der Waals surface area contributed by atoms with Gasteiger partial charge < -0.3 is 4.42 Å². The van der Waals surface area contributed by atoms with E-state index in [-0.39, 0.29) is 11.6 Å². The van der Waals surface area contributed by atoms with E-state index >= 15 is 0 Å². The number of carbonyl (C=O) groups excluding carboxylic acids is 1. The van der Waals surface area contributed by atoms with Crippen molar-refractivity contribution >= 4 is 5.78 Å². The Balaban J connectivity index is 2.39. The Bertz CT molecular complexity index is 523. The Morgan fingerprint density at radius 3 is 2.31 bits per heavy atom. The summed E-state index contributed by atoms with van der Waals surface area (Å²) < 4.78 is 18.0. The zero-order valence-corrected chi connectivity index (χ0v) is 9.08. The molecule has 0 bridgehead atoms. The lowest BCUT2D eigenvalue weighted by Gasteiger charge is -1.98. The second-order valence-electron chi connectivity index (χ2n) is 3.66. The molecule has 0 N–H and O–H groups in total. The van der Waals surface area contributed by atoms with E-state index in [2.05, 4.69) is 0 Å². The van der Waals surface area contributed by atoms with Gasteiger partial charge in [-0.15, -0.1) is 0 Å². The summed E-state index contributed by atoms with van der Waals surface area (Å²) in [5.74, 6) is 0.792. The highest BCUT2D eigenvalue weighted by atomic mass is 19.1. The van der Waals surface area contributed by atoms with Gasteiger partial charge in [0, 0.05) is 5.56 Å². The third-order valence-electron chi connectivity index (χ3n) is 2.39. The number of halogens is 1. The molecule has 0 unspecified atom stereocenters. The quantitative estimate of drug-likeness (QED) is 0.724. The van der Waals surface area contributed by atoms with Crippen LogP contribution in [0.3, 0.4) is 0 Å². The number of furan rings is 1. The number of aryl methyl sites for hydroxylation is 2. The molecule has 0 fully saturated rings. The molecule has 2 rings (SSSR count). The minimum absolute atomic E-state index is 0.144. The summed E-state index contributed by atoms with van der Waals surface area (Å²) in [6.45, 7) is 3.53. The van der Waals surface area contributed by atoms with Crippen molar-refractivity contribution in [3.05, 3.63) is 58.8 Å². The molecular formula is C13H11FO2. The Hall–Kier alpha value is -1.90. The summed E-state index contributed by atoms with van der Waals surface area (Å²) >= 11 is 0. The molecule has 2 aromatic rings. The number of benzene rings is 1. The van der Waals surface area contributed by atoms with E-state index in [0.29, 0.717) is 22.6 Å². The summed E-state index contributed by atoms with van der Waals surface area (Å²) in [6, 6.07) is 7.19. The Labute approximate surface area is 92.7 Å². The van der Waals surface area contributed by atoms with Crippen molar-refractivity contribution in [1.29, 1.82) is 0 Å². The van der Waals surface area contributed by atoms with E-state index < -0.39 is 0 Å². The molecule has 1 aromatic carbocycles. The zero-order chi connectivity index (χ0) is 11.7. The molecule has 0 atom stereocenters. The van der Waals surface area contributed by atoms with E-state index in [1.165, 1.54) is 24.3 Å². The first-order valence-electron chi connectivity index (χ1n) is 4.95. The molecule has 0 aliphatic rings. The topological polar surface area (TPSA) is 30.2 Å². The minimum atomic E-state index is -0.350. The van der Waals surface area contributed by atoms with Gasteiger partial charge >= 0.3 is 0 Å². The summed E-state index contributed by atoms with van der Waals surface area (Å²) in [5.41, 5.74) is 0.995. The molecule has 0 saturated heterocycles. The lowest BCUT2D eigenvalue weighted by molar-refractivity contribution is 0.103. The van der Waals surface area contributed by atoms with Crippen molar-refractivity contribution < 1.29 is 13.6 Å². The molecule has 0 aliphatic carbocycles. The van der Waals surface area contributed by atoms with Crippen LogP contribution < -0.4 is 0 Å². The first kappa shape index (κ1) is 10.6. The number of hydrogen-bond acceptors (Lipinski definition) is 2. The maximum atomic E-state index is 12.7. The molecule has 0 spiro atoms. The van der Waals surface area contributed by atoms with Crippen LogP contribution in [-0.2, 0) is 0 Å². The summed E-state index contributed by atoms with van der Waals surface area (Å²) in [6.07, 6.45) is 0. The van der Waals surface area contributed by atoms with Gasteiger partial charge in [0.25, 0.3) is 0 Å². The van der Waals surface area contributed by atoms with Crippen LogP contribution >= 0.6 is 0 Å². The highest BCUT2D eigenvalue weighted by molar-refractivity contribution is 6.09. The fraction of sp³-hybridized carbons (Fsp3) is 0.154. The van der Waals surface area contributed by atoms with Gasteiger partial charge in [0.1, 0.15) is 17.3 Å². The second-order valence-corrected chi connectivity index (χ2v) is 3.66. The molecule has 1 heterocycles. The molecule has 1 aromatic heterocycles. The second kappa shape index (κ2) is 3.93. The number of hydrogen-bond donors (Lipinski definition) is 0. The Morgan fingerprint density at radius 2 is 1.81 bits per heavy atom. The van der Waals surface area contributed by atoms with Gasteiger partial charge in [-0.05, 0) is 44.2 Å². The maximum Gasteiger partial charge on any atom is 0.196 e. The standard InChI is InChI=1S/C13H11FO2/c1-8-7-12(9(2)16-8)13(15)10-3-5-11(14)6-4-10/h3-7H,1-2H3. The third-order valence-corrected chi connectivity index (χ3v) is 2.39. The summed E-state index contributed by atoms with van der Waals surface area (Å²) in [4.78, 5) is 12.0. The van der Waals surface area contributed by atoms with Crippen LogP contribution in [0.2, 0.25) is 0 Å². The van der Waals surface area contributed by atoms with E-state index in [9.17, 15) is 9.18 Å². The Kier molecular flexibility index (Phi) is 2.60.